The molecule has 0 atom stereocenters. The lowest BCUT2D eigenvalue weighted by Crippen LogP contribution is -2.35. The van der Waals surface area contributed by atoms with Gasteiger partial charge in [0.05, 0.1) is 11.3 Å². The van der Waals surface area contributed by atoms with E-state index in [4.69, 9.17) is 4.42 Å². The van der Waals surface area contributed by atoms with Crippen LogP contribution in [0.5, 0.6) is 0 Å². The van der Waals surface area contributed by atoms with Crippen molar-refractivity contribution in [3.63, 3.8) is 0 Å². The number of halogens is 1. The van der Waals surface area contributed by atoms with Crippen LogP contribution in [0.1, 0.15) is 16.1 Å². The van der Waals surface area contributed by atoms with Gasteiger partial charge in [0.15, 0.2) is 0 Å². The summed E-state index contributed by atoms with van der Waals surface area (Å²) in [7, 11) is 0. The molecule has 1 fully saturated rings. The van der Waals surface area contributed by atoms with Crippen molar-refractivity contribution in [2.45, 2.75) is 0 Å². The molecule has 3 aromatic rings. The van der Waals surface area contributed by atoms with Crippen LogP contribution in [0.2, 0.25) is 0 Å². The van der Waals surface area contributed by atoms with Gasteiger partial charge in [-0.2, -0.15) is 0 Å². The van der Waals surface area contributed by atoms with Crippen molar-refractivity contribution >= 4 is 52.1 Å². The van der Waals surface area contributed by atoms with Crippen LogP contribution in [0, 0.1) is 3.57 Å². The van der Waals surface area contributed by atoms with E-state index in [2.05, 4.69) is 28.0 Å². The number of hydrazine groups is 1. The standard InChI is InChI=1S/C21H13IN2O5/c22-12-5-7-13(8-6-12)24-20(26)17(19(25)23-24)11-14-9-10-18(29-14)15-3-1-2-4-16(15)21(27)28/h1-11H,(H,23,25)(H,27,28)/b17-11-. The van der Waals surface area contributed by atoms with E-state index in [-0.39, 0.29) is 16.9 Å². The number of carboxylic acids is 1. The SMILES string of the molecule is O=C1NN(c2ccc(I)cc2)C(=O)/C1=C\c1ccc(-c2ccccc2C(=O)O)o1. The van der Waals surface area contributed by atoms with Crippen LogP contribution in [-0.2, 0) is 9.59 Å². The van der Waals surface area contributed by atoms with Crippen LogP contribution in [0.25, 0.3) is 17.4 Å². The number of hydrogen-bond donors (Lipinski definition) is 2. The van der Waals surface area contributed by atoms with Gasteiger partial charge in [0.2, 0.25) is 0 Å². The topological polar surface area (TPSA) is 99.9 Å². The summed E-state index contributed by atoms with van der Waals surface area (Å²) in [5.74, 6) is -1.52. The zero-order chi connectivity index (χ0) is 20.5. The molecule has 0 aliphatic carbocycles. The summed E-state index contributed by atoms with van der Waals surface area (Å²) in [6, 6.07) is 16.7. The predicted molar refractivity (Wildman–Crippen MR) is 114 cm³/mol. The van der Waals surface area contributed by atoms with E-state index < -0.39 is 17.8 Å². The molecule has 2 N–H and O–H groups in total. The molecule has 1 aliphatic rings. The summed E-state index contributed by atoms with van der Waals surface area (Å²) in [5.41, 5.74) is 3.51. The van der Waals surface area contributed by atoms with Gasteiger partial charge in [-0.25, -0.2) is 9.80 Å². The number of rotatable bonds is 4. The van der Waals surface area contributed by atoms with Crippen LogP contribution in [0.15, 0.2) is 70.7 Å². The highest BCUT2D eigenvalue weighted by Gasteiger charge is 2.34. The molecule has 2 heterocycles. The molecular weight excluding hydrogens is 487 g/mol. The number of aromatic carboxylic acids is 1. The molecule has 2 amide bonds. The fraction of sp³-hybridized carbons (Fsp3) is 0. The summed E-state index contributed by atoms with van der Waals surface area (Å²) in [6.45, 7) is 0. The Morgan fingerprint density at radius 1 is 1.03 bits per heavy atom. The van der Waals surface area contributed by atoms with Crippen molar-refractivity contribution < 1.29 is 23.9 Å². The Hall–Kier alpha value is -3.40. The van der Waals surface area contributed by atoms with E-state index in [0.717, 1.165) is 3.57 Å². The zero-order valence-corrected chi connectivity index (χ0v) is 16.9. The number of nitrogens with zero attached hydrogens (tertiary/aromatic N) is 1. The van der Waals surface area contributed by atoms with Gasteiger partial charge in [-0.1, -0.05) is 18.2 Å². The molecule has 1 aromatic heterocycles. The lowest BCUT2D eigenvalue weighted by Gasteiger charge is -2.14. The second kappa shape index (κ2) is 7.55. The lowest BCUT2D eigenvalue weighted by molar-refractivity contribution is -0.117. The van der Waals surface area contributed by atoms with E-state index in [1.807, 2.05) is 12.1 Å². The van der Waals surface area contributed by atoms with Gasteiger partial charge in [-0.05, 0) is 71.1 Å². The fourth-order valence-corrected chi connectivity index (χ4v) is 3.29. The minimum atomic E-state index is -1.07. The average molecular weight is 500 g/mol. The van der Waals surface area contributed by atoms with Crippen molar-refractivity contribution in [1.82, 2.24) is 5.43 Å². The molecule has 0 spiro atoms. The maximum absolute atomic E-state index is 12.7. The maximum Gasteiger partial charge on any atom is 0.336 e. The van der Waals surface area contributed by atoms with Gasteiger partial charge in [0.1, 0.15) is 17.1 Å². The van der Waals surface area contributed by atoms with E-state index in [9.17, 15) is 19.5 Å². The van der Waals surface area contributed by atoms with Crippen molar-refractivity contribution in [2.24, 2.45) is 0 Å². The molecule has 29 heavy (non-hydrogen) atoms. The third-order valence-electron chi connectivity index (χ3n) is 4.31. The predicted octanol–water partition coefficient (Wildman–Crippen LogP) is 3.71. The molecule has 1 saturated heterocycles. The Kier molecular flexibility index (Phi) is 4.93. The maximum atomic E-state index is 12.7. The van der Waals surface area contributed by atoms with Crippen molar-refractivity contribution in [3.8, 4) is 11.3 Å². The number of hydrogen-bond acceptors (Lipinski definition) is 4. The highest BCUT2D eigenvalue weighted by molar-refractivity contribution is 14.1. The van der Waals surface area contributed by atoms with Crippen molar-refractivity contribution in [3.05, 3.63) is 81.1 Å². The summed E-state index contributed by atoms with van der Waals surface area (Å²) in [6.07, 6.45) is 1.34. The molecule has 144 valence electrons. The molecule has 2 aromatic carbocycles. The summed E-state index contributed by atoms with van der Waals surface area (Å²) >= 11 is 2.15. The van der Waals surface area contributed by atoms with Crippen LogP contribution < -0.4 is 10.4 Å². The second-order valence-corrected chi connectivity index (χ2v) is 7.41. The van der Waals surface area contributed by atoms with Gasteiger partial charge in [-0.3, -0.25) is 15.0 Å². The van der Waals surface area contributed by atoms with Crippen LogP contribution in [0.4, 0.5) is 5.69 Å². The Morgan fingerprint density at radius 3 is 2.48 bits per heavy atom. The smallest absolute Gasteiger partial charge is 0.336 e. The molecule has 1 aliphatic heterocycles. The molecule has 7 nitrogen and oxygen atoms in total. The molecule has 0 unspecified atom stereocenters. The highest BCUT2D eigenvalue weighted by atomic mass is 127. The van der Waals surface area contributed by atoms with Gasteiger partial charge in [-0.15, -0.1) is 0 Å². The van der Waals surface area contributed by atoms with E-state index in [0.29, 0.717) is 17.0 Å². The number of anilines is 1. The Labute approximate surface area is 178 Å². The van der Waals surface area contributed by atoms with Crippen LogP contribution >= 0.6 is 22.6 Å². The number of furan rings is 1. The fourth-order valence-electron chi connectivity index (χ4n) is 2.93. The van der Waals surface area contributed by atoms with E-state index in [1.165, 1.54) is 17.2 Å². The number of carbonyl (C=O) groups excluding carboxylic acids is 2. The first-order valence-electron chi connectivity index (χ1n) is 8.49. The first kappa shape index (κ1) is 18.9. The minimum Gasteiger partial charge on any atom is -0.478 e. The first-order valence-corrected chi connectivity index (χ1v) is 9.57. The summed E-state index contributed by atoms with van der Waals surface area (Å²) in [5, 5.41) is 10.5. The Balaban J connectivity index is 1.64. The summed E-state index contributed by atoms with van der Waals surface area (Å²) in [4.78, 5) is 36.4. The summed E-state index contributed by atoms with van der Waals surface area (Å²) < 4.78 is 6.69. The number of nitrogens with one attached hydrogen (secondary N) is 1. The quantitative estimate of drug-likeness (QED) is 0.323. The Morgan fingerprint density at radius 2 is 1.76 bits per heavy atom. The molecule has 4 rings (SSSR count). The molecule has 0 saturated carbocycles. The number of amides is 2. The van der Waals surface area contributed by atoms with Gasteiger partial charge >= 0.3 is 5.97 Å². The van der Waals surface area contributed by atoms with Gasteiger partial charge in [0.25, 0.3) is 11.8 Å². The van der Waals surface area contributed by atoms with Crippen LogP contribution in [0.3, 0.4) is 0 Å². The molecule has 0 radical (unpaired) electrons. The van der Waals surface area contributed by atoms with Gasteiger partial charge in [0, 0.05) is 9.13 Å². The van der Waals surface area contributed by atoms with Crippen molar-refractivity contribution in [1.29, 1.82) is 0 Å². The number of benzene rings is 2. The molecule has 0 bridgehead atoms. The number of carbonyl (C=O) groups is 3. The van der Waals surface area contributed by atoms with Gasteiger partial charge < -0.3 is 9.52 Å². The van der Waals surface area contributed by atoms with Crippen LogP contribution in [-0.4, -0.2) is 22.9 Å². The van der Waals surface area contributed by atoms with E-state index >= 15 is 0 Å². The third-order valence-corrected chi connectivity index (χ3v) is 5.03. The third kappa shape index (κ3) is 3.66. The second-order valence-electron chi connectivity index (χ2n) is 6.17. The number of carboxylic acid groups (broad SMARTS) is 1. The minimum absolute atomic E-state index is 0.0732. The monoisotopic (exact) mass is 500 g/mol. The van der Waals surface area contributed by atoms with Crippen molar-refractivity contribution in [2.75, 3.05) is 5.01 Å². The first-order chi connectivity index (χ1) is 13.9. The molecule has 8 heteroatoms. The van der Waals surface area contributed by atoms with E-state index in [1.54, 1.807) is 42.5 Å². The molecular formula is C21H13IN2O5. The highest BCUT2D eigenvalue weighted by Crippen LogP contribution is 2.28. The largest absolute Gasteiger partial charge is 0.478 e. The normalized spacial score (nSPS) is 15.1. The zero-order valence-electron chi connectivity index (χ0n) is 14.8. The average Bonchev–Trinajstić information content (AvgIpc) is 3.29. The lowest BCUT2D eigenvalue weighted by atomic mass is 10.1. The Bertz CT molecular complexity index is 1160.